The molecule has 2 aromatic heterocycles. The molecule has 1 atom stereocenters. The van der Waals surface area contributed by atoms with E-state index in [9.17, 15) is 0 Å². The molecule has 5 heteroatoms. The zero-order valence-electron chi connectivity index (χ0n) is 11.6. The number of nitrogens with zero attached hydrogens (tertiary/aromatic N) is 4. The van der Waals surface area contributed by atoms with E-state index in [0.717, 1.165) is 29.8 Å². The van der Waals surface area contributed by atoms with Crippen molar-refractivity contribution < 1.29 is 0 Å². The van der Waals surface area contributed by atoms with Crippen LogP contribution in [-0.2, 0) is 6.42 Å². The fraction of sp³-hybridized carbons (Fsp3) is 0.429. The SMILES string of the molecule is CCC(N)Cc1cc(C)nc(-c2ncc(C)cn2)n1. The minimum Gasteiger partial charge on any atom is -0.327 e. The van der Waals surface area contributed by atoms with Crippen LogP contribution in [0.15, 0.2) is 18.5 Å². The Bertz CT molecular complexity index is 550. The van der Waals surface area contributed by atoms with Crippen molar-refractivity contribution in [2.24, 2.45) is 5.73 Å². The molecule has 0 radical (unpaired) electrons. The summed E-state index contributed by atoms with van der Waals surface area (Å²) in [5, 5.41) is 0. The lowest BCUT2D eigenvalue weighted by molar-refractivity contribution is 0.635. The molecule has 0 aromatic carbocycles. The maximum Gasteiger partial charge on any atom is 0.198 e. The summed E-state index contributed by atoms with van der Waals surface area (Å²) >= 11 is 0. The summed E-state index contributed by atoms with van der Waals surface area (Å²) in [5.41, 5.74) is 8.85. The Labute approximate surface area is 113 Å². The van der Waals surface area contributed by atoms with Crippen LogP contribution in [0.2, 0.25) is 0 Å². The number of rotatable bonds is 4. The van der Waals surface area contributed by atoms with Crippen LogP contribution in [0.4, 0.5) is 0 Å². The van der Waals surface area contributed by atoms with Gasteiger partial charge in [0, 0.05) is 36.2 Å². The standard InChI is InChI=1S/C14H19N5/c1-4-11(15)6-12-5-10(3)18-14(19-12)13-16-7-9(2)8-17-13/h5,7-8,11H,4,6,15H2,1-3H3. The molecule has 0 aliphatic carbocycles. The van der Waals surface area contributed by atoms with Crippen molar-refractivity contribution >= 4 is 0 Å². The van der Waals surface area contributed by atoms with Crippen LogP contribution in [0, 0.1) is 13.8 Å². The van der Waals surface area contributed by atoms with Gasteiger partial charge in [0.2, 0.25) is 0 Å². The van der Waals surface area contributed by atoms with E-state index in [0.29, 0.717) is 11.6 Å². The smallest absolute Gasteiger partial charge is 0.198 e. The molecule has 5 nitrogen and oxygen atoms in total. The monoisotopic (exact) mass is 257 g/mol. The quantitative estimate of drug-likeness (QED) is 0.904. The Hall–Kier alpha value is -1.88. The Balaban J connectivity index is 2.33. The predicted octanol–water partition coefficient (Wildman–Crippen LogP) is 1.83. The molecular formula is C14H19N5. The molecule has 1 unspecified atom stereocenters. The van der Waals surface area contributed by atoms with Gasteiger partial charge in [-0.3, -0.25) is 0 Å². The molecule has 0 bridgehead atoms. The molecule has 0 aliphatic heterocycles. The lowest BCUT2D eigenvalue weighted by atomic mass is 10.1. The number of hydrogen-bond acceptors (Lipinski definition) is 5. The highest BCUT2D eigenvalue weighted by atomic mass is 15.0. The maximum absolute atomic E-state index is 5.97. The van der Waals surface area contributed by atoms with E-state index in [2.05, 4.69) is 26.9 Å². The van der Waals surface area contributed by atoms with E-state index < -0.39 is 0 Å². The average Bonchev–Trinajstić information content (AvgIpc) is 2.38. The average molecular weight is 257 g/mol. The highest BCUT2D eigenvalue weighted by Gasteiger charge is 2.09. The normalized spacial score (nSPS) is 12.4. The van der Waals surface area contributed by atoms with Crippen molar-refractivity contribution in [1.82, 2.24) is 19.9 Å². The molecule has 0 saturated heterocycles. The van der Waals surface area contributed by atoms with Crippen LogP contribution in [0.3, 0.4) is 0 Å². The van der Waals surface area contributed by atoms with Gasteiger partial charge in [-0.15, -0.1) is 0 Å². The second-order valence-electron chi connectivity index (χ2n) is 4.78. The second-order valence-corrected chi connectivity index (χ2v) is 4.78. The third kappa shape index (κ3) is 3.54. The Morgan fingerprint density at radius 1 is 1.11 bits per heavy atom. The zero-order valence-corrected chi connectivity index (χ0v) is 11.6. The molecule has 19 heavy (non-hydrogen) atoms. The van der Waals surface area contributed by atoms with Gasteiger partial charge in [0.15, 0.2) is 11.6 Å². The van der Waals surface area contributed by atoms with Crippen LogP contribution in [0.1, 0.15) is 30.3 Å². The highest BCUT2D eigenvalue weighted by Crippen LogP contribution is 2.12. The topological polar surface area (TPSA) is 77.6 Å². The molecule has 2 aromatic rings. The summed E-state index contributed by atoms with van der Waals surface area (Å²) in [6.45, 7) is 5.97. The third-order valence-electron chi connectivity index (χ3n) is 2.88. The first kappa shape index (κ1) is 13.5. The van der Waals surface area contributed by atoms with Crippen LogP contribution in [-0.4, -0.2) is 26.0 Å². The Morgan fingerprint density at radius 2 is 1.79 bits per heavy atom. The third-order valence-corrected chi connectivity index (χ3v) is 2.88. The Morgan fingerprint density at radius 3 is 2.42 bits per heavy atom. The molecule has 0 aliphatic rings. The molecule has 2 heterocycles. The summed E-state index contributed by atoms with van der Waals surface area (Å²) in [7, 11) is 0. The minimum absolute atomic E-state index is 0.126. The first-order chi connectivity index (χ1) is 9.08. The van der Waals surface area contributed by atoms with E-state index in [1.165, 1.54) is 0 Å². The Kier molecular flexibility index (Phi) is 4.16. The summed E-state index contributed by atoms with van der Waals surface area (Å²) in [4.78, 5) is 17.4. The second kappa shape index (κ2) is 5.84. The number of hydrogen-bond donors (Lipinski definition) is 1. The maximum atomic E-state index is 5.97. The highest BCUT2D eigenvalue weighted by molar-refractivity contribution is 5.43. The lowest BCUT2D eigenvalue weighted by Gasteiger charge is -2.09. The van der Waals surface area contributed by atoms with Crippen molar-refractivity contribution in [1.29, 1.82) is 0 Å². The van der Waals surface area contributed by atoms with Crippen LogP contribution < -0.4 is 5.73 Å². The number of aromatic nitrogens is 4. The molecule has 0 saturated carbocycles. The van der Waals surface area contributed by atoms with Crippen LogP contribution >= 0.6 is 0 Å². The van der Waals surface area contributed by atoms with Gasteiger partial charge in [-0.1, -0.05) is 6.92 Å². The summed E-state index contributed by atoms with van der Waals surface area (Å²) < 4.78 is 0. The molecule has 2 rings (SSSR count). The van der Waals surface area contributed by atoms with E-state index in [-0.39, 0.29) is 6.04 Å². The van der Waals surface area contributed by atoms with Crippen molar-refractivity contribution in [3.8, 4) is 11.6 Å². The first-order valence-corrected chi connectivity index (χ1v) is 6.47. The van der Waals surface area contributed by atoms with Gasteiger partial charge >= 0.3 is 0 Å². The molecule has 0 amide bonds. The lowest BCUT2D eigenvalue weighted by Crippen LogP contribution is -2.22. The number of nitrogens with two attached hydrogens (primary N) is 1. The van der Waals surface area contributed by atoms with E-state index >= 15 is 0 Å². The van der Waals surface area contributed by atoms with Crippen molar-refractivity contribution in [3.05, 3.63) is 35.4 Å². The molecule has 0 spiro atoms. The van der Waals surface area contributed by atoms with Crippen molar-refractivity contribution in [2.45, 2.75) is 39.7 Å². The largest absolute Gasteiger partial charge is 0.327 e. The van der Waals surface area contributed by atoms with Gasteiger partial charge in [-0.2, -0.15) is 0 Å². The van der Waals surface area contributed by atoms with Gasteiger partial charge < -0.3 is 5.73 Å². The van der Waals surface area contributed by atoms with Gasteiger partial charge in [0.1, 0.15) is 0 Å². The number of aryl methyl sites for hydroxylation is 2. The van der Waals surface area contributed by atoms with E-state index in [1.54, 1.807) is 12.4 Å². The predicted molar refractivity (Wildman–Crippen MR) is 74.5 cm³/mol. The van der Waals surface area contributed by atoms with Gasteiger partial charge in [-0.05, 0) is 31.9 Å². The van der Waals surface area contributed by atoms with Crippen molar-refractivity contribution in [3.63, 3.8) is 0 Å². The summed E-state index contributed by atoms with van der Waals surface area (Å²) in [6.07, 6.45) is 5.22. The fourth-order valence-electron chi connectivity index (χ4n) is 1.76. The van der Waals surface area contributed by atoms with Gasteiger partial charge in [0.05, 0.1) is 0 Å². The molecule has 100 valence electrons. The van der Waals surface area contributed by atoms with Gasteiger partial charge in [0.25, 0.3) is 0 Å². The van der Waals surface area contributed by atoms with E-state index in [4.69, 9.17) is 5.73 Å². The van der Waals surface area contributed by atoms with E-state index in [1.807, 2.05) is 19.9 Å². The first-order valence-electron chi connectivity index (χ1n) is 6.47. The molecule has 0 fully saturated rings. The summed E-state index contributed by atoms with van der Waals surface area (Å²) in [5.74, 6) is 1.12. The van der Waals surface area contributed by atoms with Gasteiger partial charge in [-0.25, -0.2) is 19.9 Å². The minimum atomic E-state index is 0.126. The molecule has 2 N–H and O–H groups in total. The fourth-order valence-corrected chi connectivity index (χ4v) is 1.76. The zero-order chi connectivity index (χ0) is 13.8. The summed E-state index contributed by atoms with van der Waals surface area (Å²) in [6, 6.07) is 2.09. The molecular weight excluding hydrogens is 238 g/mol. The van der Waals surface area contributed by atoms with Crippen LogP contribution in [0.25, 0.3) is 11.6 Å². The van der Waals surface area contributed by atoms with Crippen LogP contribution in [0.5, 0.6) is 0 Å². The van der Waals surface area contributed by atoms with Crippen molar-refractivity contribution in [2.75, 3.05) is 0 Å².